The van der Waals surface area contributed by atoms with Gasteiger partial charge in [-0.2, -0.15) is 0 Å². The molecular weight excluding hydrogens is 300 g/mol. The smallest absolute Gasteiger partial charge is 0.0159 e. The van der Waals surface area contributed by atoms with Gasteiger partial charge in [-0.1, -0.05) is 96.8 Å². The zero-order chi connectivity index (χ0) is 18.2. The van der Waals surface area contributed by atoms with Crippen LogP contribution < -0.4 is 0 Å². The van der Waals surface area contributed by atoms with Crippen LogP contribution in [0.3, 0.4) is 0 Å². The quantitative estimate of drug-likeness (QED) is 0.420. The van der Waals surface area contributed by atoms with Gasteiger partial charge in [-0.3, -0.25) is 0 Å². The molecule has 1 aliphatic rings. The summed E-state index contributed by atoms with van der Waals surface area (Å²) in [6.07, 6.45) is 0. The van der Waals surface area contributed by atoms with E-state index in [0.29, 0.717) is 0 Å². The predicted octanol–water partition coefficient (Wildman–Crippen LogP) is 6.91. The van der Waals surface area contributed by atoms with E-state index in [1.54, 1.807) is 0 Å². The van der Waals surface area contributed by atoms with Crippen molar-refractivity contribution >= 4 is 0 Å². The van der Waals surface area contributed by atoms with Crippen molar-refractivity contribution in [3.05, 3.63) is 94.0 Å². The Kier molecular flexibility index (Phi) is 4.56. The minimum absolute atomic E-state index is 0.142. The molecule has 0 unspecified atom stereocenters. The molecule has 0 aromatic heterocycles. The second-order valence-corrected chi connectivity index (χ2v) is 7.88. The Hall–Kier alpha value is -2.34. The van der Waals surface area contributed by atoms with Crippen molar-refractivity contribution in [1.82, 2.24) is 0 Å². The molecule has 3 aromatic rings. The first-order valence-electron chi connectivity index (χ1n) is 9.05. The van der Waals surface area contributed by atoms with Crippen LogP contribution >= 0.6 is 0 Å². The van der Waals surface area contributed by atoms with E-state index >= 15 is 0 Å². The first-order valence-corrected chi connectivity index (χ1v) is 9.05. The first kappa shape index (κ1) is 17.5. The third-order valence-corrected chi connectivity index (χ3v) is 5.21. The van der Waals surface area contributed by atoms with E-state index in [0.717, 1.165) is 0 Å². The van der Waals surface area contributed by atoms with Crippen LogP contribution in [0.25, 0.3) is 11.1 Å². The van der Waals surface area contributed by atoms with E-state index in [1.165, 1.54) is 44.5 Å². The highest BCUT2D eigenvalue weighted by molar-refractivity contribution is 5.81. The summed E-state index contributed by atoms with van der Waals surface area (Å²) in [6, 6.07) is 22.1. The number of hydrogen-bond acceptors (Lipinski definition) is 0. The highest BCUT2D eigenvalue weighted by Gasteiger charge is 2.35. The van der Waals surface area contributed by atoms with Gasteiger partial charge in [0.1, 0.15) is 0 Å². The molecule has 0 saturated heterocycles. The summed E-state index contributed by atoms with van der Waals surface area (Å²) in [5.74, 6) is 0. The van der Waals surface area contributed by atoms with Crippen molar-refractivity contribution < 1.29 is 0 Å². The maximum Gasteiger partial charge on any atom is 0.0159 e. The molecule has 0 atom stereocenters. The first-order chi connectivity index (χ1) is 11.8. The Morgan fingerprint density at radius 3 is 1.16 bits per heavy atom. The summed E-state index contributed by atoms with van der Waals surface area (Å²) >= 11 is 0. The SMILES string of the molecule is Cc1ccc(C)cc1.Cc1ccc2c(c1)C(C)(C)c1cc(C)ccc1-2. The van der Waals surface area contributed by atoms with E-state index in [2.05, 4.69) is 102 Å². The molecule has 1 aliphatic carbocycles. The van der Waals surface area contributed by atoms with Gasteiger partial charge in [0, 0.05) is 5.41 Å². The fraction of sp³-hybridized carbons (Fsp3) is 0.280. The maximum atomic E-state index is 2.34. The second kappa shape index (κ2) is 6.52. The van der Waals surface area contributed by atoms with Crippen LogP contribution in [0.1, 0.15) is 47.2 Å². The van der Waals surface area contributed by atoms with Crippen molar-refractivity contribution in [3.63, 3.8) is 0 Å². The molecule has 3 aromatic carbocycles. The lowest BCUT2D eigenvalue weighted by Crippen LogP contribution is -2.15. The lowest BCUT2D eigenvalue weighted by molar-refractivity contribution is 0.659. The van der Waals surface area contributed by atoms with Crippen molar-refractivity contribution in [2.45, 2.75) is 47.0 Å². The van der Waals surface area contributed by atoms with Crippen LogP contribution in [0.2, 0.25) is 0 Å². The Morgan fingerprint density at radius 1 is 0.480 bits per heavy atom. The highest BCUT2D eigenvalue weighted by Crippen LogP contribution is 2.48. The number of rotatable bonds is 0. The molecule has 0 saturated carbocycles. The molecule has 0 radical (unpaired) electrons. The van der Waals surface area contributed by atoms with Crippen LogP contribution in [0, 0.1) is 27.7 Å². The average molecular weight is 328 g/mol. The largest absolute Gasteiger partial charge is 0.0591 e. The van der Waals surface area contributed by atoms with Crippen molar-refractivity contribution in [2.24, 2.45) is 0 Å². The molecule has 25 heavy (non-hydrogen) atoms. The summed E-state index contributed by atoms with van der Waals surface area (Å²) in [7, 11) is 0. The molecule has 0 aliphatic heterocycles. The van der Waals surface area contributed by atoms with Crippen molar-refractivity contribution in [1.29, 1.82) is 0 Å². The fourth-order valence-corrected chi connectivity index (χ4v) is 3.60. The Labute approximate surface area is 152 Å². The van der Waals surface area contributed by atoms with Gasteiger partial charge in [-0.25, -0.2) is 0 Å². The van der Waals surface area contributed by atoms with Gasteiger partial charge in [0.15, 0.2) is 0 Å². The molecule has 0 bridgehead atoms. The Balaban J connectivity index is 0.000000192. The van der Waals surface area contributed by atoms with Crippen LogP contribution in [0.4, 0.5) is 0 Å². The number of fused-ring (bicyclic) bond motifs is 3. The van der Waals surface area contributed by atoms with Crippen LogP contribution in [-0.4, -0.2) is 0 Å². The van der Waals surface area contributed by atoms with E-state index in [-0.39, 0.29) is 5.41 Å². The summed E-state index contributed by atoms with van der Waals surface area (Å²) < 4.78 is 0. The second-order valence-electron chi connectivity index (χ2n) is 7.88. The minimum atomic E-state index is 0.142. The molecular formula is C25H28. The minimum Gasteiger partial charge on any atom is -0.0591 e. The summed E-state index contributed by atoms with van der Waals surface area (Å²) in [5, 5.41) is 0. The Morgan fingerprint density at radius 2 is 0.800 bits per heavy atom. The van der Waals surface area contributed by atoms with Crippen molar-refractivity contribution in [3.8, 4) is 11.1 Å². The van der Waals surface area contributed by atoms with E-state index in [1.807, 2.05) is 0 Å². The zero-order valence-electron chi connectivity index (χ0n) is 16.3. The number of aryl methyl sites for hydroxylation is 4. The van der Waals surface area contributed by atoms with Gasteiger partial charge < -0.3 is 0 Å². The van der Waals surface area contributed by atoms with Crippen LogP contribution in [0.5, 0.6) is 0 Å². The lowest BCUT2D eigenvalue weighted by atomic mass is 9.81. The molecule has 0 heteroatoms. The van der Waals surface area contributed by atoms with Crippen LogP contribution in [0.15, 0.2) is 60.7 Å². The summed E-state index contributed by atoms with van der Waals surface area (Å²) in [5.41, 5.74) is 11.3. The van der Waals surface area contributed by atoms with Crippen LogP contribution in [-0.2, 0) is 5.41 Å². The van der Waals surface area contributed by atoms with E-state index in [9.17, 15) is 0 Å². The average Bonchev–Trinajstić information content (AvgIpc) is 2.78. The van der Waals surface area contributed by atoms with Gasteiger partial charge in [-0.15, -0.1) is 0 Å². The fourth-order valence-electron chi connectivity index (χ4n) is 3.60. The van der Waals surface area contributed by atoms with Gasteiger partial charge in [0.25, 0.3) is 0 Å². The topological polar surface area (TPSA) is 0 Å². The molecule has 4 rings (SSSR count). The third kappa shape index (κ3) is 3.39. The molecule has 0 nitrogen and oxygen atoms in total. The molecule has 128 valence electrons. The lowest BCUT2D eigenvalue weighted by Gasteiger charge is -2.22. The van der Waals surface area contributed by atoms with E-state index < -0.39 is 0 Å². The number of hydrogen-bond donors (Lipinski definition) is 0. The molecule has 0 fully saturated rings. The molecule has 0 heterocycles. The standard InChI is InChI=1S/C17H18.C8H10/c1-11-5-7-13-14-8-6-12(2)10-16(14)17(3,4)15(13)9-11;1-7-3-5-8(2)6-4-7/h5-10H,1-4H3;3-6H,1-2H3. The van der Waals surface area contributed by atoms with Gasteiger partial charge in [0.05, 0.1) is 0 Å². The highest BCUT2D eigenvalue weighted by atomic mass is 14.4. The molecule has 0 spiro atoms. The van der Waals surface area contributed by atoms with Gasteiger partial charge >= 0.3 is 0 Å². The van der Waals surface area contributed by atoms with Gasteiger partial charge in [0.2, 0.25) is 0 Å². The molecule has 0 N–H and O–H groups in total. The van der Waals surface area contributed by atoms with Gasteiger partial charge in [-0.05, 0) is 49.9 Å². The maximum absolute atomic E-state index is 2.34. The predicted molar refractivity (Wildman–Crippen MR) is 109 cm³/mol. The zero-order valence-corrected chi connectivity index (χ0v) is 16.3. The van der Waals surface area contributed by atoms with Crippen molar-refractivity contribution in [2.75, 3.05) is 0 Å². The molecule has 0 amide bonds. The Bertz CT molecular complexity index is 821. The summed E-state index contributed by atoms with van der Waals surface area (Å²) in [4.78, 5) is 0. The number of benzene rings is 3. The van der Waals surface area contributed by atoms with E-state index in [4.69, 9.17) is 0 Å². The normalized spacial score (nSPS) is 13.5. The third-order valence-electron chi connectivity index (χ3n) is 5.21. The monoisotopic (exact) mass is 328 g/mol. The summed E-state index contributed by atoms with van der Waals surface area (Å²) in [6.45, 7) is 13.2.